The Morgan fingerprint density at radius 3 is 2.93 bits per heavy atom. The third kappa shape index (κ3) is 3.51. The molecule has 15 heavy (non-hydrogen) atoms. The van der Waals surface area contributed by atoms with Crippen LogP contribution in [0, 0.1) is 5.95 Å². The number of carbonyl (C=O) groups excluding carboxylic acids is 1. The second-order valence-electron chi connectivity index (χ2n) is 3.17. The summed E-state index contributed by atoms with van der Waals surface area (Å²) in [6, 6.07) is 1.39. The molecule has 0 bridgehead atoms. The van der Waals surface area contributed by atoms with E-state index >= 15 is 0 Å². The van der Waals surface area contributed by atoms with Crippen LogP contribution in [-0.4, -0.2) is 31.1 Å². The smallest absolute Gasteiger partial charge is 0.214 e. The van der Waals surface area contributed by atoms with Gasteiger partial charge < -0.3 is 9.69 Å². The Morgan fingerprint density at radius 2 is 2.33 bits per heavy atom. The summed E-state index contributed by atoms with van der Waals surface area (Å²) < 4.78 is 12.9. The van der Waals surface area contributed by atoms with Crippen LogP contribution >= 0.6 is 11.8 Å². The summed E-state index contributed by atoms with van der Waals surface area (Å²) in [4.78, 5) is 16.5. The van der Waals surface area contributed by atoms with Crippen molar-refractivity contribution in [3.63, 3.8) is 0 Å². The van der Waals surface area contributed by atoms with E-state index in [0.29, 0.717) is 12.2 Å². The van der Waals surface area contributed by atoms with Crippen molar-refractivity contribution < 1.29 is 9.18 Å². The first-order chi connectivity index (χ1) is 7.15. The largest absolute Gasteiger partial charge is 0.377 e. The van der Waals surface area contributed by atoms with Crippen LogP contribution in [0.15, 0.2) is 17.2 Å². The standard InChI is InChI=1S/C10H13FN2OS/c1-13(2)8-6-10(11)12-7-9(8)15-5-3-4-14/h4,6-7H,3,5H2,1-2H3. The number of hydrogen-bond donors (Lipinski definition) is 0. The minimum absolute atomic E-state index is 0.488. The van der Waals surface area contributed by atoms with Gasteiger partial charge in [0.2, 0.25) is 5.95 Å². The minimum Gasteiger partial charge on any atom is -0.377 e. The molecule has 0 atom stereocenters. The molecule has 1 aromatic heterocycles. The molecule has 0 aliphatic carbocycles. The van der Waals surface area contributed by atoms with Gasteiger partial charge in [0, 0.05) is 43.4 Å². The SMILES string of the molecule is CN(C)c1cc(F)ncc1SCCC=O. The zero-order chi connectivity index (χ0) is 11.3. The van der Waals surface area contributed by atoms with Crippen molar-refractivity contribution >= 4 is 23.7 Å². The molecule has 1 aromatic rings. The summed E-state index contributed by atoms with van der Waals surface area (Å²) in [5.41, 5.74) is 0.790. The normalized spacial score (nSPS) is 10.1. The third-order valence-electron chi connectivity index (χ3n) is 1.79. The van der Waals surface area contributed by atoms with E-state index in [1.54, 1.807) is 0 Å². The monoisotopic (exact) mass is 228 g/mol. The van der Waals surface area contributed by atoms with E-state index in [1.807, 2.05) is 19.0 Å². The maximum absolute atomic E-state index is 12.9. The highest BCUT2D eigenvalue weighted by molar-refractivity contribution is 7.99. The topological polar surface area (TPSA) is 33.2 Å². The van der Waals surface area contributed by atoms with Crippen LogP contribution in [0.4, 0.5) is 10.1 Å². The lowest BCUT2D eigenvalue weighted by Crippen LogP contribution is -2.10. The van der Waals surface area contributed by atoms with Crippen LogP contribution in [0.5, 0.6) is 0 Å². The van der Waals surface area contributed by atoms with Crippen LogP contribution in [0.3, 0.4) is 0 Å². The molecule has 0 spiro atoms. The quantitative estimate of drug-likeness (QED) is 0.334. The Labute approximate surface area is 92.7 Å². The van der Waals surface area contributed by atoms with Gasteiger partial charge in [0.15, 0.2) is 0 Å². The number of hydrogen-bond acceptors (Lipinski definition) is 4. The molecule has 0 saturated carbocycles. The van der Waals surface area contributed by atoms with E-state index in [-0.39, 0.29) is 0 Å². The first-order valence-electron chi connectivity index (χ1n) is 4.54. The number of pyridine rings is 1. The molecular formula is C10H13FN2OS. The fourth-order valence-corrected chi connectivity index (χ4v) is 2.04. The number of anilines is 1. The Bertz CT molecular complexity index is 344. The van der Waals surface area contributed by atoms with Gasteiger partial charge in [-0.1, -0.05) is 0 Å². The van der Waals surface area contributed by atoms with Crippen LogP contribution in [0.25, 0.3) is 0 Å². The van der Waals surface area contributed by atoms with E-state index in [4.69, 9.17) is 0 Å². The Balaban J connectivity index is 2.81. The lowest BCUT2D eigenvalue weighted by atomic mass is 10.4. The lowest BCUT2D eigenvalue weighted by Gasteiger charge is -2.16. The molecule has 82 valence electrons. The number of halogens is 1. The fourth-order valence-electron chi connectivity index (χ4n) is 1.09. The molecule has 0 aliphatic heterocycles. The number of aromatic nitrogens is 1. The highest BCUT2D eigenvalue weighted by Crippen LogP contribution is 2.28. The van der Waals surface area contributed by atoms with E-state index < -0.39 is 5.95 Å². The molecule has 0 amide bonds. The zero-order valence-corrected chi connectivity index (χ0v) is 9.55. The van der Waals surface area contributed by atoms with Gasteiger partial charge in [0.1, 0.15) is 6.29 Å². The van der Waals surface area contributed by atoms with E-state index in [1.165, 1.54) is 24.0 Å². The summed E-state index contributed by atoms with van der Waals surface area (Å²) in [5, 5.41) is 0. The second-order valence-corrected chi connectivity index (χ2v) is 4.31. The van der Waals surface area contributed by atoms with Crippen molar-refractivity contribution in [1.29, 1.82) is 0 Å². The predicted octanol–water partition coefficient (Wildman–Crippen LogP) is 1.97. The maximum Gasteiger partial charge on any atom is 0.214 e. The van der Waals surface area contributed by atoms with Gasteiger partial charge in [-0.15, -0.1) is 11.8 Å². The van der Waals surface area contributed by atoms with Gasteiger partial charge in [0.25, 0.3) is 0 Å². The van der Waals surface area contributed by atoms with Crippen molar-refractivity contribution in [1.82, 2.24) is 4.98 Å². The van der Waals surface area contributed by atoms with E-state index in [0.717, 1.165) is 16.9 Å². The molecule has 3 nitrogen and oxygen atoms in total. The summed E-state index contributed by atoms with van der Waals surface area (Å²) >= 11 is 1.51. The maximum atomic E-state index is 12.9. The molecule has 0 fully saturated rings. The predicted molar refractivity (Wildman–Crippen MR) is 59.9 cm³/mol. The molecule has 0 N–H and O–H groups in total. The van der Waals surface area contributed by atoms with Gasteiger partial charge in [-0.2, -0.15) is 4.39 Å². The Morgan fingerprint density at radius 1 is 1.60 bits per heavy atom. The average Bonchev–Trinajstić information content (AvgIpc) is 2.20. The molecule has 0 saturated heterocycles. The molecular weight excluding hydrogens is 215 g/mol. The average molecular weight is 228 g/mol. The minimum atomic E-state index is -0.488. The molecule has 0 unspecified atom stereocenters. The number of rotatable bonds is 5. The van der Waals surface area contributed by atoms with Crippen molar-refractivity contribution in [3.05, 3.63) is 18.2 Å². The molecule has 5 heteroatoms. The van der Waals surface area contributed by atoms with E-state index in [9.17, 15) is 9.18 Å². The second kappa shape index (κ2) is 5.70. The highest BCUT2D eigenvalue weighted by Gasteiger charge is 2.07. The van der Waals surface area contributed by atoms with E-state index in [2.05, 4.69) is 4.98 Å². The molecule has 0 aliphatic rings. The summed E-state index contributed by atoms with van der Waals surface area (Å²) in [5.74, 6) is 0.205. The van der Waals surface area contributed by atoms with Crippen LogP contribution in [-0.2, 0) is 4.79 Å². The van der Waals surface area contributed by atoms with Crippen LogP contribution in [0.1, 0.15) is 6.42 Å². The van der Waals surface area contributed by atoms with Crippen molar-refractivity contribution in [2.45, 2.75) is 11.3 Å². The number of thioether (sulfide) groups is 1. The lowest BCUT2D eigenvalue weighted by molar-refractivity contribution is -0.107. The van der Waals surface area contributed by atoms with Crippen molar-refractivity contribution in [2.75, 3.05) is 24.7 Å². The molecule has 1 rings (SSSR count). The van der Waals surface area contributed by atoms with Gasteiger partial charge in [0.05, 0.1) is 5.69 Å². The first kappa shape index (κ1) is 12.0. The van der Waals surface area contributed by atoms with Gasteiger partial charge in [-0.05, 0) is 0 Å². The fraction of sp³-hybridized carbons (Fsp3) is 0.400. The number of nitrogens with zero attached hydrogens (tertiary/aromatic N) is 2. The van der Waals surface area contributed by atoms with Crippen molar-refractivity contribution in [3.8, 4) is 0 Å². The third-order valence-corrected chi connectivity index (χ3v) is 2.85. The van der Waals surface area contributed by atoms with Gasteiger partial charge >= 0.3 is 0 Å². The van der Waals surface area contributed by atoms with Crippen LogP contribution < -0.4 is 4.90 Å². The Kier molecular flexibility index (Phi) is 4.55. The number of aldehydes is 1. The van der Waals surface area contributed by atoms with Crippen LogP contribution in [0.2, 0.25) is 0 Å². The molecule has 0 radical (unpaired) electrons. The summed E-state index contributed by atoms with van der Waals surface area (Å²) in [6.45, 7) is 0. The van der Waals surface area contributed by atoms with Gasteiger partial charge in [-0.25, -0.2) is 4.98 Å². The summed E-state index contributed by atoms with van der Waals surface area (Å²) in [6.07, 6.45) is 2.87. The van der Waals surface area contributed by atoms with Crippen molar-refractivity contribution in [2.24, 2.45) is 0 Å². The van der Waals surface area contributed by atoms with Gasteiger partial charge in [-0.3, -0.25) is 0 Å². The first-order valence-corrected chi connectivity index (χ1v) is 5.53. The highest BCUT2D eigenvalue weighted by atomic mass is 32.2. The summed E-state index contributed by atoms with van der Waals surface area (Å²) in [7, 11) is 3.69. The molecule has 0 aromatic carbocycles. The Hall–Kier alpha value is -1.10. The molecule has 1 heterocycles. The number of carbonyl (C=O) groups is 1. The zero-order valence-electron chi connectivity index (χ0n) is 8.74.